The van der Waals surface area contributed by atoms with Crippen LogP contribution in [0.5, 0.6) is 0 Å². The van der Waals surface area contributed by atoms with Gasteiger partial charge in [0.15, 0.2) is 0 Å². The smallest absolute Gasteiger partial charge is 0.123 e. The van der Waals surface area contributed by atoms with Crippen molar-refractivity contribution in [1.82, 2.24) is 0 Å². The molecule has 1 aromatic rings. The molecular formula is C12H17FO2. The SMILES string of the molecule is CC(C)(O)C(C)(O)Cc1ccc(F)cc1. The fourth-order valence-corrected chi connectivity index (χ4v) is 1.22. The van der Waals surface area contributed by atoms with E-state index >= 15 is 0 Å². The van der Waals surface area contributed by atoms with Gasteiger partial charge < -0.3 is 10.2 Å². The van der Waals surface area contributed by atoms with Crippen LogP contribution >= 0.6 is 0 Å². The van der Waals surface area contributed by atoms with E-state index in [9.17, 15) is 14.6 Å². The van der Waals surface area contributed by atoms with Crippen LogP contribution in [-0.4, -0.2) is 21.4 Å². The van der Waals surface area contributed by atoms with Crippen LogP contribution in [0.4, 0.5) is 4.39 Å². The summed E-state index contributed by atoms with van der Waals surface area (Å²) in [5.74, 6) is -0.304. The maximum Gasteiger partial charge on any atom is 0.123 e. The van der Waals surface area contributed by atoms with Crippen LogP contribution in [0, 0.1) is 5.82 Å². The minimum atomic E-state index is -1.23. The summed E-state index contributed by atoms with van der Waals surface area (Å²) in [5, 5.41) is 19.8. The lowest BCUT2D eigenvalue weighted by molar-refractivity contribution is -0.118. The quantitative estimate of drug-likeness (QED) is 0.803. The predicted octanol–water partition coefficient (Wildman–Crippen LogP) is 1.89. The molecule has 0 spiro atoms. The Hall–Kier alpha value is -0.930. The summed E-state index contributed by atoms with van der Waals surface area (Å²) in [7, 11) is 0. The molecule has 0 saturated heterocycles. The van der Waals surface area contributed by atoms with Crippen molar-refractivity contribution in [2.24, 2.45) is 0 Å². The molecule has 2 nitrogen and oxygen atoms in total. The lowest BCUT2D eigenvalue weighted by Gasteiger charge is -2.35. The van der Waals surface area contributed by atoms with Gasteiger partial charge in [-0.25, -0.2) is 4.39 Å². The molecule has 0 saturated carbocycles. The molecule has 1 atom stereocenters. The zero-order valence-electron chi connectivity index (χ0n) is 9.29. The van der Waals surface area contributed by atoms with Gasteiger partial charge in [0.1, 0.15) is 5.82 Å². The first-order valence-electron chi connectivity index (χ1n) is 4.91. The van der Waals surface area contributed by atoms with Gasteiger partial charge in [0.2, 0.25) is 0 Å². The number of benzene rings is 1. The van der Waals surface area contributed by atoms with Crippen molar-refractivity contribution < 1.29 is 14.6 Å². The van der Waals surface area contributed by atoms with Crippen LogP contribution in [0.3, 0.4) is 0 Å². The van der Waals surface area contributed by atoms with Crippen LogP contribution in [0.25, 0.3) is 0 Å². The van der Waals surface area contributed by atoms with Crippen LogP contribution in [0.1, 0.15) is 26.3 Å². The van der Waals surface area contributed by atoms with Gasteiger partial charge in [-0.15, -0.1) is 0 Å². The van der Waals surface area contributed by atoms with Gasteiger partial charge >= 0.3 is 0 Å². The molecule has 0 heterocycles. The van der Waals surface area contributed by atoms with Gasteiger partial charge in [0.25, 0.3) is 0 Å². The van der Waals surface area contributed by atoms with Crippen LogP contribution in [0.15, 0.2) is 24.3 Å². The summed E-state index contributed by atoms with van der Waals surface area (Å²) in [6.07, 6.45) is 0.288. The van der Waals surface area contributed by atoms with E-state index in [0.717, 1.165) is 5.56 Å². The summed E-state index contributed by atoms with van der Waals surface area (Å²) in [6, 6.07) is 5.90. The van der Waals surface area contributed by atoms with Crippen molar-refractivity contribution in [2.45, 2.75) is 38.4 Å². The number of rotatable bonds is 3. The second-order valence-electron chi connectivity index (χ2n) is 4.64. The highest BCUT2D eigenvalue weighted by atomic mass is 19.1. The molecule has 1 aromatic carbocycles. The molecule has 0 fully saturated rings. The molecule has 0 aromatic heterocycles. The topological polar surface area (TPSA) is 40.5 Å². The van der Waals surface area contributed by atoms with Crippen molar-refractivity contribution in [3.63, 3.8) is 0 Å². The number of hydrogen-bond donors (Lipinski definition) is 2. The molecule has 2 N–H and O–H groups in total. The second kappa shape index (κ2) is 3.91. The van der Waals surface area contributed by atoms with E-state index in [1.54, 1.807) is 32.9 Å². The van der Waals surface area contributed by atoms with Gasteiger partial charge in [-0.1, -0.05) is 12.1 Å². The normalized spacial score (nSPS) is 16.1. The predicted molar refractivity (Wildman–Crippen MR) is 57.0 cm³/mol. The van der Waals surface area contributed by atoms with E-state index in [0.29, 0.717) is 0 Å². The highest BCUT2D eigenvalue weighted by Gasteiger charge is 2.37. The van der Waals surface area contributed by atoms with E-state index in [-0.39, 0.29) is 12.2 Å². The van der Waals surface area contributed by atoms with Crippen LogP contribution in [-0.2, 0) is 6.42 Å². The molecule has 0 aliphatic heterocycles. The zero-order valence-corrected chi connectivity index (χ0v) is 9.29. The standard InChI is InChI=1S/C12H17FO2/c1-11(2,14)12(3,15)8-9-4-6-10(13)7-5-9/h4-7,14-15H,8H2,1-3H3. The molecule has 0 aliphatic carbocycles. The monoisotopic (exact) mass is 212 g/mol. The Labute approximate surface area is 89.4 Å². The summed E-state index contributed by atoms with van der Waals surface area (Å²) in [5.41, 5.74) is -1.63. The van der Waals surface area contributed by atoms with Gasteiger partial charge in [0.05, 0.1) is 11.2 Å². The van der Waals surface area contributed by atoms with Gasteiger partial charge in [-0.05, 0) is 38.5 Å². The average Bonchev–Trinajstić information content (AvgIpc) is 2.06. The van der Waals surface area contributed by atoms with E-state index in [4.69, 9.17) is 0 Å². The third-order valence-electron chi connectivity index (χ3n) is 2.78. The maximum atomic E-state index is 12.6. The maximum absolute atomic E-state index is 12.6. The molecule has 0 bridgehead atoms. The Balaban J connectivity index is 2.82. The molecule has 0 radical (unpaired) electrons. The largest absolute Gasteiger partial charge is 0.387 e. The number of hydrogen-bond acceptors (Lipinski definition) is 2. The highest BCUT2D eigenvalue weighted by Crippen LogP contribution is 2.25. The molecule has 1 rings (SSSR count). The molecular weight excluding hydrogens is 195 g/mol. The fourth-order valence-electron chi connectivity index (χ4n) is 1.22. The lowest BCUT2D eigenvalue weighted by Crippen LogP contribution is -2.49. The van der Waals surface area contributed by atoms with E-state index in [1.165, 1.54) is 12.1 Å². The van der Waals surface area contributed by atoms with Gasteiger partial charge in [-0.2, -0.15) is 0 Å². The molecule has 15 heavy (non-hydrogen) atoms. The summed E-state index contributed by atoms with van der Waals surface area (Å²) in [4.78, 5) is 0. The lowest BCUT2D eigenvalue weighted by atomic mass is 9.82. The summed E-state index contributed by atoms with van der Waals surface area (Å²) in [6.45, 7) is 4.67. The molecule has 0 aliphatic rings. The van der Waals surface area contributed by atoms with E-state index in [2.05, 4.69) is 0 Å². The van der Waals surface area contributed by atoms with Crippen molar-refractivity contribution in [3.05, 3.63) is 35.6 Å². The third kappa shape index (κ3) is 3.01. The van der Waals surface area contributed by atoms with Gasteiger partial charge in [0, 0.05) is 6.42 Å². The summed E-state index contributed by atoms with van der Waals surface area (Å²) < 4.78 is 12.6. The molecule has 1 unspecified atom stereocenters. The Kier molecular flexibility index (Phi) is 3.16. The molecule has 84 valence electrons. The minimum absolute atomic E-state index is 0.288. The van der Waals surface area contributed by atoms with Crippen molar-refractivity contribution in [2.75, 3.05) is 0 Å². The second-order valence-corrected chi connectivity index (χ2v) is 4.64. The minimum Gasteiger partial charge on any atom is -0.387 e. The Morgan fingerprint density at radius 2 is 1.53 bits per heavy atom. The first-order valence-corrected chi connectivity index (χ1v) is 4.91. The molecule has 0 amide bonds. The fraction of sp³-hybridized carbons (Fsp3) is 0.500. The van der Waals surface area contributed by atoms with Crippen molar-refractivity contribution in [1.29, 1.82) is 0 Å². The number of halogens is 1. The van der Waals surface area contributed by atoms with Crippen molar-refractivity contribution in [3.8, 4) is 0 Å². The van der Waals surface area contributed by atoms with Crippen LogP contribution < -0.4 is 0 Å². The third-order valence-corrected chi connectivity index (χ3v) is 2.78. The zero-order chi connectivity index (χ0) is 11.7. The van der Waals surface area contributed by atoms with E-state index in [1.807, 2.05) is 0 Å². The van der Waals surface area contributed by atoms with Crippen LogP contribution in [0.2, 0.25) is 0 Å². The van der Waals surface area contributed by atoms with Crippen molar-refractivity contribution >= 4 is 0 Å². The van der Waals surface area contributed by atoms with Gasteiger partial charge in [-0.3, -0.25) is 0 Å². The first-order chi connectivity index (χ1) is 6.72. The summed E-state index contributed by atoms with van der Waals surface area (Å²) >= 11 is 0. The Morgan fingerprint density at radius 3 is 1.93 bits per heavy atom. The highest BCUT2D eigenvalue weighted by molar-refractivity contribution is 5.19. The first kappa shape index (κ1) is 12.1. The Bertz CT molecular complexity index is 322. The average molecular weight is 212 g/mol. The number of aliphatic hydroxyl groups is 2. The van der Waals surface area contributed by atoms with E-state index < -0.39 is 11.2 Å². The Morgan fingerprint density at radius 1 is 1.07 bits per heavy atom. The molecule has 3 heteroatoms.